The van der Waals surface area contributed by atoms with Crippen molar-refractivity contribution in [2.45, 2.75) is 96.2 Å². The van der Waals surface area contributed by atoms with Gasteiger partial charge in [-0.2, -0.15) is 0 Å². The molecule has 4 atom stereocenters. The van der Waals surface area contributed by atoms with Crippen LogP contribution in [0, 0.1) is 22.0 Å². The van der Waals surface area contributed by atoms with E-state index in [0.717, 1.165) is 38.5 Å². The van der Waals surface area contributed by atoms with Gasteiger partial charge < -0.3 is 20.0 Å². The van der Waals surface area contributed by atoms with E-state index in [4.69, 9.17) is 4.74 Å². The summed E-state index contributed by atoms with van der Waals surface area (Å²) >= 11 is 0. The number of unbranched alkanes of at least 4 members (excludes halogenated alkanes) is 2. The molecule has 2 N–H and O–H groups in total. The molecule has 0 heterocycles. The first-order valence-electron chi connectivity index (χ1n) is 14.7. The van der Waals surface area contributed by atoms with Crippen molar-refractivity contribution < 1.29 is 29.4 Å². The number of amides is 1. The number of esters is 1. The molecule has 0 aliphatic heterocycles. The normalized spacial score (nSPS) is 19.6. The molecule has 0 aromatic heterocycles. The standard InChI is InChI=1S/C31H46N2O7/c1-2-32-31(36)29(40-30(35)21-13-6-14-24-39-33(37)38)20-12-5-11-19-27-26(22-23-28(27)34)18-10-4-9-17-25-15-7-3-8-16-25/h3-5,7-8,10-11,15-16,26-29,34H,2,6,9,12-14,17-24H2,1H3,(H,32,36)/b10-4+,11-5?/t26-,27+,28-,29?/m0/s1. The number of aliphatic hydroxyl groups is 1. The summed E-state index contributed by atoms with van der Waals surface area (Å²) in [5.74, 6) is -0.0799. The second-order valence-electron chi connectivity index (χ2n) is 10.3. The average Bonchev–Trinajstić information content (AvgIpc) is 3.28. The molecule has 222 valence electrons. The molecule has 1 saturated carbocycles. The van der Waals surface area contributed by atoms with Crippen molar-refractivity contribution >= 4 is 11.9 Å². The van der Waals surface area contributed by atoms with Crippen LogP contribution >= 0.6 is 0 Å². The Morgan fingerprint density at radius 3 is 2.58 bits per heavy atom. The van der Waals surface area contributed by atoms with Gasteiger partial charge in [-0.25, -0.2) is 0 Å². The second-order valence-corrected chi connectivity index (χ2v) is 10.3. The molecule has 0 bridgehead atoms. The molecule has 9 heteroatoms. The lowest BCUT2D eigenvalue weighted by Gasteiger charge is -2.19. The van der Waals surface area contributed by atoms with Crippen LogP contribution in [0.25, 0.3) is 0 Å². The maximum absolute atomic E-state index is 12.4. The summed E-state index contributed by atoms with van der Waals surface area (Å²) in [6.45, 7) is 2.26. The van der Waals surface area contributed by atoms with Gasteiger partial charge in [-0.05, 0) is 88.5 Å². The third-order valence-corrected chi connectivity index (χ3v) is 7.29. The van der Waals surface area contributed by atoms with Crippen LogP contribution < -0.4 is 5.32 Å². The highest BCUT2D eigenvalue weighted by molar-refractivity contribution is 5.83. The predicted molar refractivity (Wildman–Crippen MR) is 154 cm³/mol. The Kier molecular flexibility index (Phi) is 16.3. The minimum Gasteiger partial charge on any atom is -0.452 e. The van der Waals surface area contributed by atoms with E-state index in [1.807, 2.05) is 19.1 Å². The summed E-state index contributed by atoms with van der Waals surface area (Å²) in [5.41, 5.74) is 1.34. The SMILES string of the molecule is CCNC(=O)C(CCC=CC[C@@H]1[C@@H](C/C=C/CCc2ccccc2)CC[C@@H]1O)OC(=O)CCCCCO[N+](=O)[O-]. The minimum absolute atomic E-state index is 0.00000139. The number of ether oxygens (including phenoxy) is 1. The second kappa shape index (κ2) is 19.8. The molecule has 0 saturated heterocycles. The Morgan fingerprint density at radius 1 is 1.07 bits per heavy atom. The quantitative estimate of drug-likeness (QED) is 0.0711. The molecule has 1 fully saturated rings. The van der Waals surface area contributed by atoms with Crippen molar-refractivity contribution in [1.29, 1.82) is 0 Å². The number of hydrogen-bond donors (Lipinski definition) is 2. The Labute approximate surface area is 238 Å². The van der Waals surface area contributed by atoms with E-state index in [9.17, 15) is 24.8 Å². The van der Waals surface area contributed by atoms with E-state index in [1.165, 1.54) is 5.56 Å². The van der Waals surface area contributed by atoms with Gasteiger partial charge in [-0.3, -0.25) is 9.59 Å². The number of likely N-dealkylation sites (N-methyl/N-ethyl adjacent to an activating group) is 1. The third-order valence-electron chi connectivity index (χ3n) is 7.29. The number of aliphatic hydroxyl groups excluding tert-OH is 1. The van der Waals surface area contributed by atoms with Crippen LogP contribution in [-0.4, -0.2) is 47.4 Å². The number of benzene rings is 1. The maximum Gasteiger partial charge on any atom is 0.306 e. The van der Waals surface area contributed by atoms with E-state index in [0.29, 0.717) is 44.6 Å². The lowest BCUT2D eigenvalue weighted by Crippen LogP contribution is -2.37. The van der Waals surface area contributed by atoms with Gasteiger partial charge in [0.2, 0.25) is 0 Å². The summed E-state index contributed by atoms with van der Waals surface area (Å²) in [6, 6.07) is 10.5. The lowest BCUT2D eigenvalue weighted by molar-refractivity contribution is -0.757. The van der Waals surface area contributed by atoms with Gasteiger partial charge in [0.1, 0.15) is 0 Å². The van der Waals surface area contributed by atoms with E-state index in [1.54, 1.807) is 0 Å². The molecule has 2 rings (SSSR count). The van der Waals surface area contributed by atoms with Gasteiger partial charge >= 0.3 is 5.97 Å². The number of allylic oxidation sites excluding steroid dienone is 4. The maximum atomic E-state index is 12.4. The number of carbonyl (C=O) groups is 2. The summed E-state index contributed by atoms with van der Waals surface area (Å²) in [5, 5.41) is 22.6. The Morgan fingerprint density at radius 2 is 1.82 bits per heavy atom. The zero-order valence-electron chi connectivity index (χ0n) is 23.7. The molecule has 0 radical (unpaired) electrons. The van der Waals surface area contributed by atoms with Crippen LogP contribution in [0.2, 0.25) is 0 Å². The van der Waals surface area contributed by atoms with Crippen molar-refractivity contribution in [1.82, 2.24) is 5.32 Å². The van der Waals surface area contributed by atoms with Crippen LogP contribution in [0.5, 0.6) is 0 Å². The Balaban J connectivity index is 1.71. The molecule has 1 aromatic carbocycles. The van der Waals surface area contributed by atoms with Crippen molar-refractivity contribution in [2.75, 3.05) is 13.2 Å². The predicted octanol–water partition coefficient (Wildman–Crippen LogP) is 5.50. The van der Waals surface area contributed by atoms with E-state index in [-0.39, 0.29) is 31.0 Å². The molecule has 1 aliphatic carbocycles. The van der Waals surface area contributed by atoms with Gasteiger partial charge in [-0.1, -0.05) is 61.1 Å². The summed E-state index contributed by atoms with van der Waals surface area (Å²) in [4.78, 5) is 39.1. The highest BCUT2D eigenvalue weighted by Gasteiger charge is 2.33. The molecule has 9 nitrogen and oxygen atoms in total. The smallest absolute Gasteiger partial charge is 0.306 e. The van der Waals surface area contributed by atoms with E-state index < -0.39 is 17.2 Å². The van der Waals surface area contributed by atoms with Crippen LogP contribution in [0.4, 0.5) is 0 Å². The minimum atomic E-state index is -0.860. The topological polar surface area (TPSA) is 128 Å². The fraction of sp³-hybridized carbons (Fsp3) is 0.613. The monoisotopic (exact) mass is 558 g/mol. The molecule has 1 unspecified atom stereocenters. The van der Waals surface area contributed by atoms with Crippen LogP contribution in [0.15, 0.2) is 54.6 Å². The fourth-order valence-corrected chi connectivity index (χ4v) is 5.11. The lowest BCUT2D eigenvalue weighted by atomic mass is 9.88. The number of nitrogens with zero attached hydrogens (tertiary/aromatic N) is 1. The number of rotatable bonds is 20. The van der Waals surface area contributed by atoms with E-state index in [2.05, 4.69) is 52.6 Å². The Hall–Kier alpha value is -3.20. The van der Waals surface area contributed by atoms with Gasteiger partial charge in [0.25, 0.3) is 11.0 Å². The van der Waals surface area contributed by atoms with E-state index >= 15 is 0 Å². The molecule has 0 spiro atoms. The molecule has 1 aromatic rings. The van der Waals surface area contributed by atoms with Crippen molar-refractivity contribution in [3.05, 3.63) is 70.3 Å². The molecule has 1 aliphatic rings. The zero-order valence-corrected chi connectivity index (χ0v) is 23.7. The molecular formula is C31H46N2O7. The zero-order chi connectivity index (χ0) is 29.0. The highest BCUT2D eigenvalue weighted by atomic mass is 16.9. The molecule has 1 amide bonds. The summed E-state index contributed by atoms with van der Waals surface area (Å²) < 4.78 is 5.44. The van der Waals surface area contributed by atoms with Gasteiger partial charge in [0.15, 0.2) is 6.10 Å². The van der Waals surface area contributed by atoms with Gasteiger partial charge in [0.05, 0.1) is 12.7 Å². The first kappa shape index (κ1) is 33.0. The number of nitrogens with one attached hydrogen (secondary N) is 1. The van der Waals surface area contributed by atoms with Gasteiger partial charge in [-0.15, -0.1) is 10.1 Å². The first-order valence-corrected chi connectivity index (χ1v) is 14.7. The summed E-state index contributed by atoms with van der Waals surface area (Å²) in [7, 11) is 0. The Bertz CT molecular complexity index is 935. The van der Waals surface area contributed by atoms with Crippen LogP contribution in [-0.2, 0) is 25.6 Å². The molecular weight excluding hydrogens is 512 g/mol. The van der Waals surface area contributed by atoms with Crippen molar-refractivity contribution in [3.8, 4) is 0 Å². The van der Waals surface area contributed by atoms with Crippen LogP contribution in [0.1, 0.15) is 83.1 Å². The first-order chi connectivity index (χ1) is 19.4. The van der Waals surface area contributed by atoms with Crippen molar-refractivity contribution in [3.63, 3.8) is 0 Å². The number of hydrogen-bond acceptors (Lipinski definition) is 7. The number of carbonyl (C=O) groups excluding carboxylic acids is 2. The summed E-state index contributed by atoms with van der Waals surface area (Å²) in [6.07, 6.45) is 15.8. The highest BCUT2D eigenvalue weighted by Crippen LogP contribution is 2.37. The molecule has 40 heavy (non-hydrogen) atoms. The van der Waals surface area contributed by atoms with Crippen LogP contribution in [0.3, 0.4) is 0 Å². The van der Waals surface area contributed by atoms with Crippen molar-refractivity contribution in [2.24, 2.45) is 11.8 Å². The average molecular weight is 559 g/mol. The number of aryl methyl sites for hydroxylation is 1. The largest absolute Gasteiger partial charge is 0.452 e. The fourth-order valence-electron chi connectivity index (χ4n) is 5.11. The van der Waals surface area contributed by atoms with Gasteiger partial charge in [0, 0.05) is 13.0 Å². The third kappa shape index (κ3) is 13.7.